The van der Waals surface area contributed by atoms with E-state index in [4.69, 9.17) is 32.7 Å². The smallest absolute Gasteiger partial charge is 0.273 e. The Morgan fingerprint density at radius 2 is 1.72 bits per heavy atom. The summed E-state index contributed by atoms with van der Waals surface area (Å²) in [5, 5.41) is 10.8. The highest BCUT2D eigenvalue weighted by atomic mass is 35.5. The van der Waals surface area contributed by atoms with E-state index in [0.29, 0.717) is 41.2 Å². The van der Waals surface area contributed by atoms with Gasteiger partial charge in [-0.25, -0.2) is 0 Å². The number of carbonyl (C=O) groups excluding carboxylic acids is 1. The van der Waals surface area contributed by atoms with E-state index in [1.807, 2.05) is 64.1 Å². The van der Waals surface area contributed by atoms with Crippen LogP contribution in [0.25, 0.3) is 0 Å². The highest BCUT2D eigenvalue weighted by molar-refractivity contribution is 6.28. The fraction of sp³-hybridized carbons (Fsp3) is 0.467. The maximum Gasteiger partial charge on any atom is 0.273 e. The van der Waals surface area contributed by atoms with Crippen LogP contribution in [0.2, 0.25) is 0 Å². The molecule has 0 saturated heterocycles. The minimum Gasteiger partial charge on any atom is -0.494 e. The number of benzene rings is 1. The lowest BCUT2D eigenvalue weighted by atomic mass is 10.2. The van der Waals surface area contributed by atoms with E-state index in [2.05, 4.69) is 47.4 Å². The predicted octanol–water partition coefficient (Wildman–Crippen LogP) is 8.43. The first-order valence-corrected chi connectivity index (χ1v) is 14.1. The van der Waals surface area contributed by atoms with Crippen molar-refractivity contribution in [2.75, 3.05) is 19.7 Å². The molecule has 1 aromatic carbocycles. The quantitative estimate of drug-likeness (QED) is 0.183. The number of hydrogen-bond donors (Lipinski definition) is 2. The van der Waals surface area contributed by atoms with Crippen molar-refractivity contribution < 1.29 is 14.3 Å². The topological polar surface area (TPSA) is 79.5 Å². The molecule has 0 fully saturated rings. The molecule has 9 heteroatoms. The monoisotopic (exact) mass is 580 g/mol. The zero-order valence-corrected chi connectivity index (χ0v) is 26.1. The molecule has 1 heterocycles. The molecule has 0 bridgehead atoms. The Morgan fingerprint density at radius 1 is 1.15 bits per heavy atom. The number of aromatic nitrogens is 2. The minimum atomic E-state index is -0.250. The third kappa shape index (κ3) is 16.1. The molecule has 39 heavy (non-hydrogen) atoms. The summed E-state index contributed by atoms with van der Waals surface area (Å²) in [5.41, 5.74) is 1.81. The standard InChI is InChI=1S/C22H32N4O3.C5H9Cl.C3H5Cl/c1-6-10-16(5)23-21(27)20-19(15-26(7-2)8-3)22(25-24-20)29-18-13-11-17(12-14-18)28-9-4;1-3-4-5(2)6;1-3(2)4/h11-14H,5-10,15H2,1-4H3,(H,23,27)(H,24,25);3-5H,1-2H3;1H2,2H3/b;4-3-;. The van der Waals surface area contributed by atoms with Crippen LogP contribution in [0.4, 0.5) is 0 Å². The van der Waals surface area contributed by atoms with E-state index in [0.717, 1.165) is 37.2 Å². The lowest BCUT2D eigenvalue weighted by molar-refractivity contribution is 0.0957. The van der Waals surface area contributed by atoms with Gasteiger partial charge in [-0.3, -0.25) is 14.8 Å². The van der Waals surface area contributed by atoms with Crippen LogP contribution in [-0.4, -0.2) is 46.1 Å². The van der Waals surface area contributed by atoms with Crippen LogP contribution in [-0.2, 0) is 6.54 Å². The van der Waals surface area contributed by atoms with Crippen molar-refractivity contribution in [3.05, 3.63) is 71.6 Å². The summed E-state index contributed by atoms with van der Waals surface area (Å²) in [6.45, 7) is 23.9. The van der Waals surface area contributed by atoms with Crippen molar-refractivity contribution in [1.29, 1.82) is 0 Å². The van der Waals surface area contributed by atoms with E-state index in [1.165, 1.54) is 0 Å². The summed E-state index contributed by atoms with van der Waals surface area (Å²) in [6, 6.07) is 7.34. The van der Waals surface area contributed by atoms with Gasteiger partial charge in [-0.05, 0) is 71.5 Å². The second-order valence-electron chi connectivity index (χ2n) is 8.54. The summed E-state index contributed by atoms with van der Waals surface area (Å²) in [7, 11) is 0. The van der Waals surface area contributed by atoms with Crippen molar-refractivity contribution in [2.24, 2.45) is 0 Å². The molecule has 2 rings (SSSR count). The van der Waals surface area contributed by atoms with Gasteiger partial charge < -0.3 is 14.8 Å². The summed E-state index contributed by atoms with van der Waals surface area (Å²) in [6.07, 6.45) is 5.53. The minimum absolute atomic E-state index is 0.190. The van der Waals surface area contributed by atoms with Crippen molar-refractivity contribution in [2.45, 2.75) is 73.2 Å². The molecule has 0 radical (unpaired) electrons. The fourth-order valence-corrected chi connectivity index (χ4v) is 3.32. The highest BCUT2D eigenvalue weighted by Gasteiger charge is 2.22. The number of nitrogens with one attached hydrogen (secondary N) is 2. The number of rotatable bonds is 13. The van der Waals surface area contributed by atoms with Crippen molar-refractivity contribution in [1.82, 2.24) is 20.4 Å². The van der Waals surface area contributed by atoms with Gasteiger partial charge in [0.25, 0.3) is 5.91 Å². The van der Waals surface area contributed by atoms with E-state index in [9.17, 15) is 4.79 Å². The number of amides is 1. The third-order valence-electron chi connectivity index (χ3n) is 4.98. The zero-order chi connectivity index (χ0) is 29.8. The van der Waals surface area contributed by atoms with Gasteiger partial charge in [0.2, 0.25) is 5.88 Å². The summed E-state index contributed by atoms with van der Waals surface area (Å²) < 4.78 is 11.5. The number of aromatic amines is 1. The van der Waals surface area contributed by atoms with Gasteiger partial charge in [-0.2, -0.15) is 0 Å². The summed E-state index contributed by atoms with van der Waals surface area (Å²) >= 11 is 10.6. The Morgan fingerprint density at radius 3 is 2.15 bits per heavy atom. The number of halogens is 2. The van der Waals surface area contributed by atoms with E-state index in [1.54, 1.807) is 6.92 Å². The van der Waals surface area contributed by atoms with Crippen LogP contribution in [0.15, 0.2) is 60.3 Å². The first-order chi connectivity index (χ1) is 18.5. The Balaban J connectivity index is 0.00000123. The number of carbonyl (C=O) groups is 1. The van der Waals surface area contributed by atoms with Gasteiger partial charge in [0.1, 0.15) is 17.2 Å². The molecule has 1 aromatic heterocycles. The molecule has 2 aromatic rings. The van der Waals surface area contributed by atoms with Gasteiger partial charge in [0, 0.05) is 22.7 Å². The zero-order valence-electron chi connectivity index (χ0n) is 24.6. The average molecular weight is 582 g/mol. The van der Waals surface area contributed by atoms with E-state index < -0.39 is 0 Å². The van der Waals surface area contributed by atoms with Gasteiger partial charge >= 0.3 is 0 Å². The van der Waals surface area contributed by atoms with Crippen molar-refractivity contribution in [3.63, 3.8) is 0 Å². The highest BCUT2D eigenvalue weighted by Crippen LogP contribution is 2.28. The average Bonchev–Trinajstić information content (AvgIpc) is 3.26. The van der Waals surface area contributed by atoms with Gasteiger partial charge in [-0.15, -0.1) is 16.7 Å². The molecule has 1 unspecified atom stereocenters. The Labute approximate surface area is 245 Å². The molecule has 1 amide bonds. The SMILES string of the molecule is C/C=C\C(C)Cl.C=C(C)Cl.C=C(CCC)NC(=O)c1[nH]nc(Oc2ccc(OCC)cc2)c1CN(CC)CC. The molecule has 0 spiro atoms. The molecule has 0 aliphatic rings. The fourth-order valence-electron chi connectivity index (χ4n) is 3.17. The van der Waals surface area contributed by atoms with Crippen LogP contribution < -0.4 is 14.8 Å². The first-order valence-electron chi connectivity index (χ1n) is 13.3. The first kappa shape index (κ1) is 36.3. The van der Waals surface area contributed by atoms with Gasteiger partial charge in [0.15, 0.2) is 0 Å². The van der Waals surface area contributed by atoms with Gasteiger partial charge in [-0.1, -0.05) is 64.1 Å². The van der Waals surface area contributed by atoms with E-state index >= 15 is 0 Å². The molecule has 1 atom stereocenters. The Kier molecular flexibility index (Phi) is 19.6. The maximum atomic E-state index is 12.8. The van der Waals surface area contributed by atoms with Crippen LogP contribution in [0.3, 0.4) is 0 Å². The number of allylic oxidation sites excluding steroid dienone is 4. The molecule has 7 nitrogen and oxygen atoms in total. The molecule has 0 aliphatic carbocycles. The van der Waals surface area contributed by atoms with Crippen molar-refractivity contribution in [3.8, 4) is 17.4 Å². The largest absolute Gasteiger partial charge is 0.494 e. The maximum absolute atomic E-state index is 12.8. The van der Waals surface area contributed by atoms with Crippen LogP contribution in [0, 0.1) is 0 Å². The summed E-state index contributed by atoms with van der Waals surface area (Å²) in [4.78, 5) is 15.0. The predicted molar refractivity (Wildman–Crippen MR) is 165 cm³/mol. The van der Waals surface area contributed by atoms with Crippen LogP contribution >= 0.6 is 23.2 Å². The van der Waals surface area contributed by atoms with Crippen LogP contribution in [0.1, 0.15) is 77.4 Å². The molecule has 2 N–H and O–H groups in total. The lowest BCUT2D eigenvalue weighted by Crippen LogP contribution is -2.27. The Hall–Kier alpha value is -2.74. The number of nitrogens with zero attached hydrogens (tertiary/aromatic N) is 2. The number of ether oxygens (including phenoxy) is 2. The Bertz CT molecular complexity index is 1010. The molecule has 0 aliphatic heterocycles. The molecule has 0 saturated carbocycles. The van der Waals surface area contributed by atoms with E-state index in [-0.39, 0.29) is 11.3 Å². The number of alkyl halides is 1. The second-order valence-corrected chi connectivity index (χ2v) is 9.87. The molecular formula is C30H46Cl2N4O3. The molecular weight excluding hydrogens is 535 g/mol. The van der Waals surface area contributed by atoms with Crippen LogP contribution in [0.5, 0.6) is 17.4 Å². The van der Waals surface area contributed by atoms with Gasteiger partial charge in [0.05, 0.1) is 12.2 Å². The second kappa shape index (κ2) is 21.1. The number of H-pyrrole nitrogens is 1. The summed E-state index contributed by atoms with van der Waals surface area (Å²) in [5.74, 6) is 1.55. The normalized spacial score (nSPS) is 11.1. The third-order valence-corrected chi connectivity index (χ3v) is 5.13. The lowest BCUT2D eigenvalue weighted by Gasteiger charge is -2.18. The molecule has 218 valence electrons. The van der Waals surface area contributed by atoms with Crippen molar-refractivity contribution >= 4 is 29.1 Å². The number of hydrogen-bond acceptors (Lipinski definition) is 5.